The summed E-state index contributed by atoms with van der Waals surface area (Å²) in [7, 11) is 0. The SMILES string of the molecule is OC1CCC(OCc2c(-c3c(Cl)cncc3Cl)noc2C2CC2)CC1. The van der Waals surface area contributed by atoms with Crippen LogP contribution in [0.4, 0.5) is 0 Å². The molecule has 2 aliphatic carbocycles. The van der Waals surface area contributed by atoms with Gasteiger partial charge in [-0.3, -0.25) is 4.98 Å². The van der Waals surface area contributed by atoms with E-state index in [2.05, 4.69) is 10.1 Å². The topological polar surface area (TPSA) is 68.4 Å². The molecule has 2 heterocycles. The maximum absolute atomic E-state index is 9.64. The molecule has 134 valence electrons. The number of hydrogen-bond donors (Lipinski definition) is 1. The summed E-state index contributed by atoms with van der Waals surface area (Å²) in [5, 5.41) is 14.8. The molecule has 2 saturated carbocycles. The van der Waals surface area contributed by atoms with E-state index < -0.39 is 0 Å². The molecule has 5 nitrogen and oxygen atoms in total. The third-order valence-corrected chi connectivity index (χ3v) is 5.54. The van der Waals surface area contributed by atoms with Crippen LogP contribution in [0.1, 0.15) is 55.8 Å². The smallest absolute Gasteiger partial charge is 0.145 e. The number of halogens is 2. The van der Waals surface area contributed by atoms with Gasteiger partial charge in [0.15, 0.2) is 0 Å². The van der Waals surface area contributed by atoms with Gasteiger partial charge in [0.1, 0.15) is 11.5 Å². The third kappa shape index (κ3) is 3.70. The quantitative estimate of drug-likeness (QED) is 0.808. The molecular weight excluding hydrogens is 363 g/mol. The van der Waals surface area contributed by atoms with Crippen molar-refractivity contribution in [2.75, 3.05) is 0 Å². The second-order valence-corrected chi connectivity index (χ2v) is 7.68. The van der Waals surface area contributed by atoms with Crippen LogP contribution in [0, 0.1) is 0 Å². The van der Waals surface area contributed by atoms with Crippen molar-refractivity contribution >= 4 is 23.2 Å². The minimum atomic E-state index is -0.192. The molecule has 0 spiro atoms. The van der Waals surface area contributed by atoms with Crippen molar-refractivity contribution in [3.05, 3.63) is 33.8 Å². The van der Waals surface area contributed by atoms with Gasteiger partial charge >= 0.3 is 0 Å². The van der Waals surface area contributed by atoms with Gasteiger partial charge in [-0.15, -0.1) is 0 Å². The maximum atomic E-state index is 9.64. The van der Waals surface area contributed by atoms with E-state index in [9.17, 15) is 5.11 Å². The number of aliphatic hydroxyl groups is 1. The van der Waals surface area contributed by atoms with E-state index in [1.807, 2.05) is 0 Å². The van der Waals surface area contributed by atoms with E-state index in [-0.39, 0.29) is 12.2 Å². The van der Waals surface area contributed by atoms with Crippen LogP contribution in [-0.4, -0.2) is 27.5 Å². The zero-order valence-electron chi connectivity index (χ0n) is 13.8. The molecule has 0 radical (unpaired) electrons. The summed E-state index contributed by atoms with van der Waals surface area (Å²) in [5.74, 6) is 1.29. The van der Waals surface area contributed by atoms with Crippen molar-refractivity contribution in [2.24, 2.45) is 0 Å². The van der Waals surface area contributed by atoms with Gasteiger partial charge in [-0.1, -0.05) is 28.4 Å². The van der Waals surface area contributed by atoms with E-state index in [1.165, 1.54) is 0 Å². The van der Waals surface area contributed by atoms with Gasteiger partial charge in [-0.05, 0) is 38.5 Å². The molecule has 2 aromatic rings. The van der Waals surface area contributed by atoms with E-state index in [1.54, 1.807) is 12.4 Å². The van der Waals surface area contributed by atoms with Crippen LogP contribution in [0.25, 0.3) is 11.3 Å². The van der Waals surface area contributed by atoms with Crippen LogP contribution in [0.15, 0.2) is 16.9 Å². The molecule has 25 heavy (non-hydrogen) atoms. The van der Waals surface area contributed by atoms with Crippen molar-refractivity contribution in [1.29, 1.82) is 0 Å². The first kappa shape index (κ1) is 17.3. The van der Waals surface area contributed by atoms with Gasteiger partial charge in [0.25, 0.3) is 0 Å². The number of aliphatic hydroxyl groups excluding tert-OH is 1. The van der Waals surface area contributed by atoms with Crippen LogP contribution >= 0.6 is 23.2 Å². The number of ether oxygens (including phenoxy) is 1. The Morgan fingerprint density at radius 3 is 2.40 bits per heavy atom. The van der Waals surface area contributed by atoms with Crippen molar-refractivity contribution in [3.8, 4) is 11.3 Å². The normalized spacial score (nSPS) is 23.8. The van der Waals surface area contributed by atoms with E-state index in [0.29, 0.717) is 33.8 Å². The Morgan fingerprint density at radius 2 is 1.76 bits per heavy atom. The molecule has 1 N–H and O–H groups in total. The lowest BCUT2D eigenvalue weighted by Crippen LogP contribution is -2.24. The van der Waals surface area contributed by atoms with Gasteiger partial charge in [-0.25, -0.2) is 0 Å². The van der Waals surface area contributed by atoms with Crippen molar-refractivity contribution in [2.45, 2.75) is 63.3 Å². The molecule has 0 amide bonds. The van der Waals surface area contributed by atoms with Gasteiger partial charge in [0.05, 0.1) is 28.9 Å². The molecule has 2 aliphatic rings. The Morgan fingerprint density at radius 1 is 1.08 bits per heavy atom. The molecule has 2 aromatic heterocycles. The highest BCUT2D eigenvalue weighted by Gasteiger charge is 2.34. The van der Waals surface area contributed by atoms with Crippen LogP contribution in [0.2, 0.25) is 10.0 Å². The molecule has 0 atom stereocenters. The second kappa shape index (κ2) is 7.23. The largest absolute Gasteiger partial charge is 0.393 e. The first-order valence-corrected chi connectivity index (χ1v) is 9.46. The Hall–Kier alpha value is -1.14. The summed E-state index contributed by atoms with van der Waals surface area (Å²) >= 11 is 12.6. The number of rotatable bonds is 5. The highest BCUT2D eigenvalue weighted by atomic mass is 35.5. The minimum Gasteiger partial charge on any atom is -0.393 e. The predicted molar refractivity (Wildman–Crippen MR) is 94.8 cm³/mol. The van der Waals surface area contributed by atoms with E-state index in [4.69, 9.17) is 32.5 Å². The van der Waals surface area contributed by atoms with Crippen molar-refractivity contribution in [1.82, 2.24) is 10.1 Å². The summed E-state index contributed by atoms with van der Waals surface area (Å²) in [6, 6.07) is 0. The molecule has 0 bridgehead atoms. The summed E-state index contributed by atoms with van der Waals surface area (Å²) in [6.07, 6.45) is 8.61. The van der Waals surface area contributed by atoms with Gasteiger partial charge in [0.2, 0.25) is 0 Å². The van der Waals surface area contributed by atoms with E-state index >= 15 is 0 Å². The molecule has 0 saturated heterocycles. The van der Waals surface area contributed by atoms with Gasteiger partial charge < -0.3 is 14.4 Å². The standard InChI is InChI=1S/C18H20Cl2N2O3/c19-14-7-21-8-15(20)16(14)17-13(18(25-22-17)10-1-2-10)9-24-12-5-3-11(23)4-6-12/h7-8,10-12,23H,1-6,9H2. The summed E-state index contributed by atoms with van der Waals surface area (Å²) in [6.45, 7) is 0.417. The van der Waals surface area contributed by atoms with Crippen LogP contribution < -0.4 is 0 Å². The second-order valence-electron chi connectivity index (χ2n) is 6.87. The molecule has 0 unspecified atom stereocenters. The molecule has 0 aliphatic heterocycles. The fourth-order valence-corrected chi connectivity index (χ4v) is 3.92. The van der Waals surface area contributed by atoms with Gasteiger partial charge in [0, 0.05) is 29.4 Å². The molecule has 4 rings (SSSR count). The van der Waals surface area contributed by atoms with E-state index in [0.717, 1.165) is 49.8 Å². The zero-order valence-corrected chi connectivity index (χ0v) is 15.3. The Kier molecular flexibility index (Phi) is 5.00. The van der Waals surface area contributed by atoms with Crippen LogP contribution in [0.3, 0.4) is 0 Å². The average Bonchev–Trinajstić information content (AvgIpc) is 3.36. The Bertz CT molecular complexity index is 733. The summed E-state index contributed by atoms with van der Waals surface area (Å²) < 4.78 is 11.8. The third-order valence-electron chi connectivity index (χ3n) is 4.96. The molecule has 2 fully saturated rings. The van der Waals surface area contributed by atoms with Crippen LogP contribution in [0.5, 0.6) is 0 Å². The minimum absolute atomic E-state index is 0.154. The number of hydrogen-bond acceptors (Lipinski definition) is 5. The van der Waals surface area contributed by atoms with Crippen molar-refractivity contribution in [3.63, 3.8) is 0 Å². The number of aromatic nitrogens is 2. The maximum Gasteiger partial charge on any atom is 0.145 e. The monoisotopic (exact) mass is 382 g/mol. The summed E-state index contributed by atoms with van der Waals surface area (Å²) in [4.78, 5) is 4.00. The highest BCUT2D eigenvalue weighted by Crippen LogP contribution is 2.46. The van der Waals surface area contributed by atoms with Gasteiger partial charge in [-0.2, -0.15) is 0 Å². The first-order chi connectivity index (χ1) is 12.1. The average molecular weight is 383 g/mol. The lowest BCUT2D eigenvalue weighted by Gasteiger charge is -2.25. The predicted octanol–water partition coefficient (Wildman–Crippen LogP) is 4.74. The molecular formula is C18H20Cl2N2O3. The summed E-state index contributed by atoms with van der Waals surface area (Å²) in [5.41, 5.74) is 2.23. The van der Waals surface area contributed by atoms with Crippen molar-refractivity contribution < 1.29 is 14.4 Å². The highest BCUT2D eigenvalue weighted by molar-refractivity contribution is 6.38. The zero-order chi connectivity index (χ0) is 17.4. The molecule has 7 heteroatoms. The first-order valence-electron chi connectivity index (χ1n) is 8.71. The molecule has 0 aromatic carbocycles. The Labute approximate surface area is 156 Å². The fraction of sp³-hybridized carbons (Fsp3) is 0.556. The lowest BCUT2D eigenvalue weighted by molar-refractivity contribution is -0.0121. The lowest BCUT2D eigenvalue weighted by atomic mass is 9.95. The number of nitrogens with zero attached hydrogens (tertiary/aromatic N) is 2. The van der Waals surface area contributed by atoms with Crippen LogP contribution in [-0.2, 0) is 11.3 Å². The Balaban J connectivity index is 1.60. The number of pyridine rings is 1. The fourth-order valence-electron chi connectivity index (χ4n) is 3.37.